The van der Waals surface area contributed by atoms with Gasteiger partial charge in [-0.2, -0.15) is 0 Å². The zero-order valence-electron chi connectivity index (χ0n) is 14.3. The largest absolute Gasteiger partial charge is 0.298 e. The Labute approximate surface area is 165 Å². The highest BCUT2D eigenvalue weighted by Gasteiger charge is 2.43. The summed E-state index contributed by atoms with van der Waals surface area (Å²) in [6.07, 6.45) is 1.63. The van der Waals surface area contributed by atoms with Crippen LogP contribution in [0.4, 0.5) is 4.39 Å². The molecule has 26 heavy (non-hydrogen) atoms. The molecule has 2 aromatic carbocycles. The first-order valence-electron chi connectivity index (χ1n) is 8.01. The van der Waals surface area contributed by atoms with E-state index in [9.17, 15) is 9.18 Å². The molecule has 132 valence electrons. The number of pyridine rings is 1. The maximum absolute atomic E-state index is 15.0. The fourth-order valence-corrected chi connectivity index (χ4v) is 3.77. The summed E-state index contributed by atoms with van der Waals surface area (Å²) in [5, 5.41) is 0.283. The monoisotopic (exact) mass is 431 g/mol. The number of halogens is 3. The van der Waals surface area contributed by atoms with Gasteiger partial charge in [0.15, 0.2) is 0 Å². The highest BCUT2D eigenvalue weighted by atomic mass is 79.9. The summed E-state index contributed by atoms with van der Waals surface area (Å²) in [6, 6.07) is 15.3. The Balaban J connectivity index is 2.43. The van der Waals surface area contributed by atoms with Crippen molar-refractivity contribution in [2.75, 3.05) is 0 Å². The molecule has 0 fully saturated rings. The van der Waals surface area contributed by atoms with Gasteiger partial charge in [-0.3, -0.25) is 9.78 Å². The fourth-order valence-electron chi connectivity index (χ4n) is 3.35. The number of aryl methyl sites for hydroxylation is 1. The average molecular weight is 433 g/mol. The van der Waals surface area contributed by atoms with Gasteiger partial charge in [0.1, 0.15) is 17.0 Å². The quantitative estimate of drug-likeness (QED) is 0.516. The van der Waals surface area contributed by atoms with Crippen molar-refractivity contribution in [1.82, 2.24) is 4.98 Å². The summed E-state index contributed by atoms with van der Waals surface area (Å²) >= 11 is 9.35. The van der Waals surface area contributed by atoms with Crippen LogP contribution in [-0.4, -0.2) is 10.8 Å². The average Bonchev–Trinajstić information content (AvgIpc) is 2.58. The lowest BCUT2D eigenvalue weighted by Crippen LogP contribution is -2.38. The van der Waals surface area contributed by atoms with Crippen LogP contribution in [0, 0.1) is 12.7 Å². The molecule has 0 radical (unpaired) electrons. The summed E-state index contributed by atoms with van der Waals surface area (Å²) in [5.41, 5.74) is 1.08. The summed E-state index contributed by atoms with van der Waals surface area (Å²) < 4.78 is 15.9. The van der Waals surface area contributed by atoms with Crippen LogP contribution in [0.2, 0.25) is 5.02 Å². The maximum Gasteiger partial charge on any atom is 0.149 e. The Bertz CT molecular complexity index is 974. The Morgan fingerprint density at radius 2 is 1.77 bits per heavy atom. The fraction of sp³-hybridized carbons (Fsp3) is 0.143. The number of carbonyl (C=O) groups excluding carboxylic acids is 1. The molecule has 0 bridgehead atoms. The van der Waals surface area contributed by atoms with Gasteiger partial charge < -0.3 is 0 Å². The molecule has 0 saturated carbocycles. The third-order valence-electron chi connectivity index (χ3n) is 4.47. The molecule has 0 aliphatic rings. The number of ketones is 1. The van der Waals surface area contributed by atoms with Gasteiger partial charge in [-0.1, -0.05) is 45.7 Å². The molecule has 0 N–H and O–H groups in total. The molecule has 3 rings (SSSR count). The second kappa shape index (κ2) is 7.29. The molecular formula is C21H16BrClFNO. The first kappa shape index (κ1) is 18.7. The summed E-state index contributed by atoms with van der Waals surface area (Å²) in [7, 11) is 0. The molecule has 1 atom stereocenters. The lowest BCUT2D eigenvalue weighted by atomic mass is 9.67. The van der Waals surface area contributed by atoms with E-state index in [1.54, 1.807) is 24.4 Å². The van der Waals surface area contributed by atoms with Crippen molar-refractivity contribution < 1.29 is 9.18 Å². The van der Waals surface area contributed by atoms with Crippen LogP contribution < -0.4 is 0 Å². The molecule has 1 unspecified atom stereocenters. The van der Waals surface area contributed by atoms with Crippen LogP contribution in [0.1, 0.15) is 29.3 Å². The van der Waals surface area contributed by atoms with Gasteiger partial charge >= 0.3 is 0 Å². The van der Waals surface area contributed by atoms with E-state index in [1.807, 2.05) is 37.3 Å². The minimum atomic E-state index is -1.29. The van der Waals surface area contributed by atoms with Gasteiger partial charge in [-0.25, -0.2) is 4.39 Å². The highest BCUT2D eigenvalue weighted by Crippen LogP contribution is 2.42. The van der Waals surface area contributed by atoms with Crippen LogP contribution in [0.3, 0.4) is 0 Å². The van der Waals surface area contributed by atoms with Crippen molar-refractivity contribution in [1.29, 1.82) is 0 Å². The van der Waals surface area contributed by atoms with Crippen LogP contribution in [0.25, 0.3) is 0 Å². The van der Waals surface area contributed by atoms with E-state index in [0.29, 0.717) is 11.1 Å². The van der Waals surface area contributed by atoms with Gasteiger partial charge in [0, 0.05) is 26.9 Å². The number of rotatable bonds is 4. The number of Topliss-reactive ketones (excluding diaryl/α,β-unsaturated/α-hetero) is 1. The minimum absolute atomic E-state index is 0.188. The molecule has 5 heteroatoms. The Kier molecular flexibility index (Phi) is 5.26. The van der Waals surface area contributed by atoms with Crippen molar-refractivity contribution in [2.45, 2.75) is 19.3 Å². The van der Waals surface area contributed by atoms with Crippen LogP contribution in [-0.2, 0) is 10.2 Å². The Morgan fingerprint density at radius 3 is 2.35 bits per heavy atom. The Hall–Kier alpha value is -2.04. The van der Waals surface area contributed by atoms with Crippen molar-refractivity contribution in [3.05, 3.63) is 98.5 Å². The van der Waals surface area contributed by atoms with Gasteiger partial charge in [0.2, 0.25) is 0 Å². The topological polar surface area (TPSA) is 30.0 Å². The molecular weight excluding hydrogens is 417 g/mol. The first-order chi connectivity index (χ1) is 12.4. The zero-order valence-corrected chi connectivity index (χ0v) is 16.6. The van der Waals surface area contributed by atoms with Crippen LogP contribution in [0.5, 0.6) is 0 Å². The summed E-state index contributed by atoms with van der Waals surface area (Å²) in [4.78, 5) is 17.3. The zero-order chi connectivity index (χ0) is 18.9. The lowest BCUT2D eigenvalue weighted by Gasteiger charge is -2.34. The number of hydrogen-bond acceptors (Lipinski definition) is 2. The highest BCUT2D eigenvalue weighted by molar-refractivity contribution is 9.10. The van der Waals surface area contributed by atoms with E-state index in [4.69, 9.17) is 11.6 Å². The third-order valence-corrected chi connectivity index (χ3v) is 5.23. The standard InChI is InChI=1S/C21H16BrClFNO/c1-13-11-16(9-10-25-13)21(14(2)26,15-3-5-17(22)6-4-15)19-8-7-18(23)12-20(19)24/h3-12H,1-2H3. The molecule has 1 aromatic heterocycles. The first-order valence-corrected chi connectivity index (χ1v) is 9.18. The van der Waals surface area contributed by atoms with Crippen molar-refractivity contribution in [3.63, 3.8) is 0 Å². The number of carbonyl (C=O) groups is 1. The third kappa shape index (κ3) is 3.19. The minimum Gasteiger partial charge on any atom is -0.298 e. The molecule has 2 nitrogen and oxygen atoms in total. The predicted molar refractivity (Wildman–Crippen MR) is 105 cm³/mol. The van der Waals surface area contributed by atoms with Gasteiger partial charge in [0.05, 0.1) is 0 Å². The van der Waals surface area contributed by atoms with Gasteiger partial charge in [-0.15, -0.1) is 0 Å². The van der Waals surface area contributed by atoms with E-state index >= 15 is 0 Å². The molecule has 0 amide bonds. The molecule has 0 spiro atoms. The second-order valence-corrected chi connectivity index (χ2v) is 7.48. The van der Waals surface area contributed by atoms with Gasteiger partial charge in [-0.05, 0) is 61.4 Å². The second-order valence-electron chi connectivity index (χ2n) is 6.12. The molecule has 0 aliphatic heterocycles. The number of aromatic nitrogens is 1. The lowest BCUT2D eigenvalue weighted by molar-refractivity contribution is -0.120. The van der Waals surface area contributed by atoms with Crippen molar-refractivity contribution in [2.24, 2.45) is 0 Å². The molecule has 1 heterocycles. The normalized spacial score (nSPS) is 13.3. The Morgan fingerprint density at radius 1 is 1.08 bits per heavy atom. The van der Waals surface area contributed by atoms with E-state index in [2.05, 4.69) is 20.9 Å². The number of hydrogen-bond donors (Lipinski definition) is 0. The number of nitrogens with zero attached hydrogens (tertiary/aromatic N) is 1. The van der Waals surface area contributed by atoms with Crippen molar-refractivity contribution in [3.8, 4) is 0 Å². The number of benzene rings is 2. The summed E-state index contributed by atoms with van der Waals surface area (Å²) in [6.45, 7) is 3.32. The van der Waals surface area contributed by atoms with E-state index in [-0.39, 0.29) is 16.4 Å². The SMILES string of the molecule is CC(=O)C(c1ccc(Br)cc1)(c1ccnc(C)c1)c1ccc(Cl)cc1F. The van der Waals surface area contributed by atoms with Crippen LogP contribution >= 0.6 is 27.5 Å². The molecule has 0 aliphatic carbocycles. The smallest absolute Gasteiger partial charge is 0.149 e. The van der Waals surface area contributed by atoms with E-state index < -0.39 is 11.2 Å². The van der Waals surface area contributed by atoms with Crippen LogP contribution in [0.15, 0.2) is 65.3 Å². The van der Waals surface area contributed by atoms with E-state index in [0.717, 1.165) is 10.2 Å². The predicted octanol–water partition coefficient (Wildman–Crippen LogP) is 5.87. The van der Waals surface area contributed by atoms with Crippen molar-refractivity contribution >= 4 is 33.3 Å². The maximum atomic E-state index is 15.0. The molecule has 3 aromatic rings. The summed E-state index contributed by atoms with van der Waals surface area (Å²) in [5.74, 6) is -0.711. The van der Waals surface area contributed by atoms with Gasteiger partial charge in [0.25, 0.3) is 0 Å². The molecule has 0 saturated heterocycles. The van der Waals surface area contributed by atoms with E-state index in [1.165, 1.54) is 13.0 Å².